The van der Waals surface area contributed by atoms with E-state index in [1.165, 1.54) is 6.08 Å². The average molecular weight is 276 g/mol. The molecule has 0 bridgehead atoms. The van der Waals surface area contributed by atoms with Gasteiger partial charge in [0.05, 0.1) is 6.61 Å². The van der Waals surface area contributed by atoms with E-state index in [1.807, 2.05) is 6.07 Å². The van der Waals surface area contributed by atoms with Crippen molar-refractivity contribution in [3.63, 3.8) is 0 Å². The molecular weight excluding hydrogens is 264 g/mol. The number of hydrogen-bond donors (Lipinski definition) is 3. The van der Waals surface area contributed by atoms with Crippen molar-refractivity contribution in [2.24, 2.45) is 0 Å². The van der Waals surface area contributed by atoms with Gasteiger partial charge in [-0.3, -0.25) is 4.79 Å². The van der Waals surface area contributed by atoms with Gasteiger partial charge >= 0.3 is 5.97 Å². The van der Waals surface area contributed by atoms with E-state index < -0.39 is 24.5 Å². The van der Waals surface area contributed by atoms with E-state index in [0.29, 0.717) is 11.1 Å². The van der Waals surface area contributed by atoms with Crippen molar-refractivity contribution in [2.45, 2.75) is 6.04 Å². The minimum absolute atomic E-state index is 0.234. The highest BCUT2D eigenvalue weighted by Crippen LogP contribution is 2.15. The third kappa shape index (κ3) is 3.21. The number of aliphatic hydroxyl groups is 1. The maximum atomic E-state index is 11.5. The standard InChI is InChI=1S/C13H12N2O5/c16-7-9(13(18)19)14-11(17)5-6-12-15-8-3-1-2-4-10(8)20-12/h1-6,9,16H,7H2,(H,14,17)(H,18,19)/b6-5+. The molecule has 3 N–H and O–H groups in total. The molecule has 1 unspecified atom stereocenters. The molecule has 0 spiro atoms. The molecule has 2 aromatic rings. The molecule has 0 aliphatic rings. The number of para-hydroxylation sites is 2. The second kappa shape index (κ2) is 5.98. The summed E-state index contributed by atoms with van der Waals surface area (Å²) in [5.41, 5.74) is 1.25. The summed E-state index contributed by atoms with van der Waals surface area (Å²) in [6.45, 7) is -0.683. The molecule has 1 aromatic carbocycles. The average Bonchev–Trinajstić information content (AvgIpc) is 2.85. The number of carboxylic acid groups (broad SMARTS) is 1. The van der Waals surface area contributed by atoms with Crippen LogP contribution in [-0.4, -0.2) is 39.7 Å². The van der Waals surface area contributed by atoms with Crippen LogP contribution in [-0.2, 0) is 9.59 Å². The summed E-state index contributed by atoms with van der Waals surface area (Å²) in [6, 6.07) is 5.78. The predicted molar refractivity (Wildman–Crippen MR) is 69.7 cm³/mol. The van der Waals surface area contributed by atoms with E-state index in [2.05, 4.69) is 10.3 Å². The second-order valence-corrected chi connectivity index (χ2v) is 3.94. The molecule has 0 radical (unpaired) electrons. The Morgan fingerprint density at radius 1 is 1.40 bits per heavy atom. The Labute approximate surface area is 113 Å². The van der Waals surface area contributed by atoms with Crippen molar-refractivity contribution >= 4 is 29.1 Å². The number of carboxylic acids is 1. The number of aliphatic carboxylic acids is 1. The number of nitrogens with one attached hydrogen (secondary N) is 1. The van der Waals surface area contributed by atoms with Gasteiger partial charge in [0.15, 0.2) is 11.6 Å². The van der Waals surface area contributed by atoms with Crippen LogP contribution in [0.5, 0.6) is 0 Å². The summed E-state index contributed by atoms with van der Waals surface area (Å²) in [6.07, 6.45) is 2.42. The second-order valence-electron chi connectivity index (χ2n) is 3.94. The van der Waals surface area contributed by atoms with Crippen LogP contribution in [0.25, 0.3) is 17.2 Å². The molecule has 1 heterocycles. The molecule has 0 fully saturated rings. The Balaban J connectivity index is 2.05. The third-order valence-electron chi connectivity index (χ3n) is 2.48. The van der Waals surface area contributed by atoms with E-state index in [4.69, 9.17) is 14.6 Å². The fraction of sp³-hybridized carbons (Fsp3) is 0.154. The van der Waals surface area contributed by atoms with Gasteiger partial charge in [-0.05, 0) is 12.1 Å². The first-order valence-electron chi connectivity index (χ1n) is 5.78. The Kier molecular flexibility index (Phi) is 4.11. The summed E-state index contributed by atoms with van der Waals surface area (Å²) >= 11 is 0. The van der Waals surface area contributed by atoms with Gasteiger partial charge in [0, 0.05) is 12.2 Å². The number of hydrogen-bond acceptors (Lipinski definition) is 5. The summed E-state index contributed by atoms with van der Waals surface area (Å²) < 4.78 is 5.35. The molecule has 0 aliphatic carbocycles. The number of aromatic nitrogens is 1. The minimum Gasteiger partial charge on any atom is -0.480 e. The van der Waals surface area contributed by atoms with E-state index >= 15 is 0 Å². The number of amides is 1. The van der Waals surface area contributed by atoms with E-state index in [0.717, 1.165) is 6.08 Å². The quantitative estimate of drug-likeness (QED) is 0.681. The molecule has 7 nitrogen and oxygen atoms in total. The van der Waals surface area contributed by atoms with Crippen LogP contribution in [0.3, 0.4) is 0 Å². The van der Waals surface area contributed by atoms with Crippen molar-refractivity contribution in [1.29, 1.82) is 0 Å². The normalized spacial score (nSPS) is 12.7. The summed E-state index contributed by atoms with van der Waals surface area (Å²) in [4.78, 5) is 26.2. The van der Waals surface area contributed by atoms with Crippen LogP contribution in [0.2, 0.25) is 0 Å². The van der Waals surface area contributed by atoms with Gasteiger partial charge in [-0.25, -0.2) is 9.78 Å². The van der Waals surface area contributed by atoms with Gasteiger partial charge in [-0.2, -0.15) is 0 Å². The fourth-order valence-electron chi connectivity index (χ4n) is 1.51. The van der Waals surface area contributed by atoms with Crippen molar-refractivity contribution in [1.82, 2.24) is 10.3 Å². The lowest BCUT2D eigenvalue weighted by Gasteiger charge is -2.08. The summed E-state index contributed by atoms with van der Waals surface area (Å²) in [5, 5.41) is 19.6. The molecular formula is C13H12N2O5. The predicted octanol–water partition coefficient (Wildman–Crippen LogP) is 0.403. The maximum Gasteiger partial charge on any atom is 0.328 e. The zero-order chi connectivity index (χ0) is 14.5. The van der Waals surface area contributed by atoms with Gasteiger partial charge in [0.2, 0.25) is 11.8 Å². The van der Waals surface area contributed by atoms with Gasteiger partial charge < -0.3 is 19.9 Å². The number of carbonyl (C=O) groups is 2. The Bertz CT molecular complexity index is 629. The smallest absolute Gasteiger partial charge is 0.328 e. The first-order chi connectivity index (χ1) is 9.60. The topological polar surface area (TPSA) is 113 Å². The number of nitrogens with zero attached hydrogens (tertiary/aromatic N) is 1. The molecule has 0 saturated heterocycles. The first kappa shape index (κ1) is 13.8. The van der Waals surface area contributed by atoms with Gasteiger partial charge in [-0.15, -0.1) is 0 Å². The van der Waals surface area contributed by atoms with Crippen LogP contribution in [0, 0.1) is 0 Å². The van der Waals surface area contributed by atoms with Crippen molar-refractivity contribution in [3.8, 4) is 0 Å². The number of rotatable bonds is 5. The zero-order valence-corrected chi connectivity index (χ0v) is 10.3. The number of aliphatic hydroxyl groups excluding tert-OH is 1. The molecule has 0 saturated carbocycles. The Hall–Kier alpha value is -2.67. The van der Waals surface area contributed by atoms with Crippen LogP contribution >= 0.6 is 0 Å². The molecule has 1 atom stereocenters. The maximum absolute atomic E-state index is 11.5. The SMILES string of the molecule is O=C(/C=C/c1nc2ccccc2o1)NC(CO)C(=O)O. The number of benzene rings is 1. The van der Waals surface area contributed by atoms with E-state index in [9.17, 15) is 9.59 Å². The largest absolute Gasteiger partial charge is 0.480 e. The molecule has 20 heavy (non-hydrogen) atoms. The van der Waals surface area contributed by atoms with Crippen molar-refractivity contribution in [2.75, 3.05) is 6.61 Å². The fourth-order valence-corrected chi connectivity index (χ4v) is 1.51. The number of oxazole rings is 1. The molecule has 1 amide bonds. The molecule has 2 rings (SSSR count). The van der Waals surface area contributed by atoms with Gasteiger partial charge in [-0.1, -0.05) is 12.1 Å². The van der Waals surface area contributed by atoms with Crippen molar-refractivity contribution in [3.05, 3.63) is 36.2 Å². The van der Waals surface area contributed by atoms with Crippen molar-refractivity contribution < 1.29 is 24.2 Å². The lowest BCUT2D eigenvalue weighted by Crippen LogP contribution is -2.42. The Morgan fingerprint density at radius 3 is 2.80 bits per heavy atom. The summed E-state index contributed by atoms with van der Waals surface area (Å²) in [7, 11) is 0. The van der Waals surface area contributed by atoms with Crippen LogP contribution in [0.15, 0.2) is 34.8 Å². The molecule has 104 valence electrons. The summed E-state index contributed by atoms with van der Waals surface area (Å²) in [5.74, 6) is -1.73. The van der Waals surface area contributed by atoms with Crippen LogP contribution in [0.1, 0.15) is 5.89 Å². The molecule has 7 heteroatoms. The van der Waals surface area contributed by atoms with E-state index in [1.54, 1.807) is 18.2 Å². The lowest BCUT2D eigenvalue weighted by molar-refractivity contribution is -0.142. The lowest BCUT2D eigenvalue weighted by atomic mass is 10.3. The highest BCUT2D eigenvalue weighted by molar-refractivity contribution is 5.94. The first-order valence-corrected chi connectivity index (χ1v) is 5.78. The highest BCUT2D eigenvalue weighted by Gasteiger charge is 2.17. The highest BCUT2D eigenvalue weighted by atomic mass is 16.4. The zero-order valence-electron chi connectivity index (χ0n) is 10.3. The minimum atomic E-state index is -1.34. The number of fused-ring (bicyclic) bond motifs is 1. The number of carbonyl (C=O) groups excluding carboxylic acids is 1. The molecule has 0 aliphatic heterocycles. The van der Waals surface area contributed by atoms with E-state index in [-0.39, 0.29) is 5.89 Å². The van der Waals surface area contributed by atoms with Crippen LogP contribution in [0.4, 0.5) is 0 Å². The Morgan fingerprint density at radius 2 is 2.15 bits per heavy atom. The van der Waals surface area contributed by atoms with Gasteiger partial charge in [0.1, 0.15) is 5.52 Å². The van der Waals surface area contributed by atoms with Gasteiger partial charge in [0.25, 0.3) is 0 Å². The van der Waals surface area contributed by atoms with Crippen LogP contribution < -0.4 is 5.32 Å². The molecule has 1 aromatic heterocycles. The third-order valence-corrected chi connectivity index (χ3v) is 2.48. The monoisotopic (exact) mass is 276 g/mol.